The molecule has 27 heavy (non-hydrogen) atoms. The second-order valence-corrected chi connectivity index (χ2v) is 5.99. The molecule has 0 spiro atoms. The average molecular weight is 369 g/mol. The van der Waals surface area contributed by atoms with E-state index in [9.17, 15) is 9.18 Å². The van der Waals surface area contributed by atoms with E-state index in [-0.39, 0.29) is 18.1 Å². The molecular formula is C20H20FN3O3. The number of amides is 1. The summed E-state index contributed by atoms with van der Waals surface area (Å²) >= 11 is 0. The molecule has 0 saturated heterocycles. The number of carbonyl (C=O) groups excluding carboxylic acids is 1. The minimum absolute atomic E-state index is 0.129. The van der Waals surface area contributed by atoms with Gasteiger partial charge in [0.15, 0.2) is 0 Å². The maximum absolute atomic E-state index is 13.0. The molecule has 3 aromatic rings. The van der Waals surface area contributed by atoms with E-state index in [4.69, 9.17) is 9.47 Å². The first-order valence-corrected chi connectivity index (χ1v) is 8.33. The molecule has 0 unspecified atom stereocenters. The molecule has 2 aromatic carbocycles. The number of anilines is 1. The number of rotatable bonds is 6. The van der Waals surface area contributed by atoms with Crippen molar-refractivity contribution in [3.05, 3.63) is 59.5 Å². The van der Waals surface area contributed by atoms with Crippen LogP contribution in [-0.4, -0.2) is 30.3 Å². The highest BCUT2D eigenvalue weighted by Gasteiger charge is 2.19. The van der Waals surface area contributed by atoms with Crippen molar-refractivity contribution in [2.45, 2.75) is 13.3 Å². The molecule has 7 heteroatoms. The van der Waals surface area contributed by atoms with Crippen molar-refractivity contribution in [2.75, 3.05) is 19.5 Å². The van der Waals surface area contributed by atoms with Gasteiger partial charge in [0.1, 0.15) is 23.0 Å². The van der Waals surface area contributed by atoms with Crippen LogP contribution in [0.25, 0.3) is 11.3 Å². The Labute approximate surface area is 156 Å². The van der Waals surface area contributed by atoms with Gasteiger partial charge in [0, 0.05) is 11.6 Å². The third-order valence-electron chi connectivity index (χ3n) is 4.15. The number of methoxy groups -OCH3 is 2. The summed E-state index contributed by atoms with van der Waals surface area (Å²) in [6, 6.07) is 11.2. The zero-order valence-electron chi connectivity index (χ0n) is 15.3. The van der Waals surface area contributed by atoms with Crippen LogP contribution in [0, 0.1) is 12.7 Å². The SMILES string of the molecule is COc1ccc(-c2n[nH]c(C)c2NC(=O)Cc2ccc(F)cc2)c(OC)c1. The number of halogens is 1. The van der Waals surface area contributed by atoms with Gasteiger partial charge in [0.25, 0.3) is 0 Å². The summed E-state index contributed by atoms with van der Waals surface area (Å²) in [6.45, 7) is 1.82. The Kier molecular flexibility index (Phi) is 5.40. The lowest BCUT2D eigenvalue weighted by Crippen LogP contribution is -2.15. The normalized spacial score (nSPS) is 10.5. The quantitative estimate of drug-likeness (QED) is 0.694. The van der Waals surface area contributed by atoms with Crippen LogP contribution in [0.1, 0.15) is 11.3 Å². The molecule has 0 aliphatic rings. The number of ether oxygens (including phenoxy) is 2. The van der Waals surface area contributed by atoms with Gasteiger partial charge in [0.2, 0.25) is 5.91 Å². The third-order valence-corrected chi connectivity index (χ3v) is 4.15. The fourth-order valence-corrected chi connectivity index (χ4v) is 2.74. The van der Waals surface area contributed by atoms with Crippen LogP contribution in [0.4, 0.5) is 10.1 Å². The molecule has 0 atom stereocenters. The molecular weight excluding hydrogens is 349 g/mol. The Bertz CT molecular complexity index is 952. The summed E-state index contributed by atoms with van der Waals surface area (Å²) in [5.41, 5.74) is 3.30. The van der Waals surface area contributed by atoms with Crippen molar-refractivity contribution >= 4 is 11.6 Å². The zero-order chi connectivity index (χ0) is 19.4. The Morgan fingerprint density at radius 1 is 1.15 bits per heavy atom. The minimum atomic E-state index is -0.335. The number of H-pyrrole nitrogens is 1. The number of aromatic amines is 1. The number of nitrogens with one attached hydrogen (secondary N) is 2. The van der Waals surface area contributed by atoms with E-state index in [1.165, 1.54) is 12.1 Å². The van der Waals surface area contributed by atoms with Crippen molar-refractivity contribution < 1.29 is 18.7 Å². The van der Waals surface area contributed by atoms with E-state index < -0.39 is 0 Å². The Morgan fingerprint density at radius 3 is 2.56 bits per heavy atom. The van der Waals surface area contributed by atoms with Crippen molar-refractivity contribution in [1.29, 1.82) is 0 Å². The van der Waals surface area contributed by atoms with Crippen LogP contribution < -0.4 is 14.8 Å². The van der Waals surface area contributed by atoms with E-state index >= 15 is 0 Å². The molecule has 2 N–H and O–H groups in total. The number of aromatic nitrogens is 2. The largest absolute Gasteiger partial charge is 0.497 e. The van der Waals surface area contributed by atoms with Crippen LogP contribution in [0.3, 0.4) is 0 Å². The Balaban J connectivity index is 1.87. The first kappa shape index (κ1) is 18.4. The molecule has 6 nitrogen and oxygen atoms in total. The number of benzene rings is 2. The number of aryl methyl sites for hydroxylation is 1. The summed E-state index contributed by atoms with van der Waals surface area (Å²) in [7, 11) is 3.14. The van der Waals surface area contributed by atoms with Crippen molar-refractivity contribution in [1.82, 2.24) is 10.2 Å². The molecule has 3 rings (SSSR count). The second kappa shape index (κ2) is 7.90. The second-order valence-electron chi connectivity index (χ2n) is 5.99. The first-order chi connectivity index (χ1) is 13.0. The van der Waals surface area contributed by atoms with Gasteiger partial charge in [-0.25, -0.2) is 4.39 Å². The lowest BCUT2D eigenvalue weighted by molar-refractivity contribution is -0.115. The number of hydrogen-bond donors (Lipinski definition) is 2. The molecule has 140 valence electrons. The topological polar surface area (TPSA) is 76.2 Å². The molecule has 0 bridgehead atoms. The molecule has 0 radical (unpaired) electrons. The predicted octanol–water partition coefficient (Wildman–Crippen LogP) is 3.72. The highest BCUT2D eigenvalue weighted by molar-refractivity contribution is 5.97. The van der Waals surface area contributed by atoms with E-state index in [0.29, 0.717) is 22.9 Å². The molecule has 0 aliphatic heterocycles. The lowest BCUT2D eigenvalue weighted by atomic mass is 10.1. The summed E-state index contributed by atoms with van der Waals surface area (Å²) in [5.74, 6) is 0.679. The molecule has 0 saturated carbocycles. The highest BCUT2D eigenvalue weighted by atomic mass is 19.1. The monoisotopic (exact) mass is 369 g/mol. The summed E-state index contributed by atoms with van der Waals surface area (Å²) in [5, 5.41) is 10.1. The van der Waals surface area contributed by atoms with Crippen LogP contribution in [0.15, 0.2) is 42.5 Å². The van der Waals surface area contributed by atoms with E-state index in [0.717, 1.165) is 16.8 Å². The van der Waals surface area contributed by atoms with Gasteiger partial charge >= 0.3 is 0 Å². The summed E-state index contributed by atoms with van der Waals surface area (Å²) in [4.78, 5) is 12.5. The Hall–Kier alpha value is -3.35. The van der Waals surface area contributed by atoms with E-state index in [2.05, 4.69) is 15.5 Å². The third kappa shape index (κ3) is 4.08. The van der Waals surface area contributed by atoms with Gasteiger partial charge in [-0.1, -0.05) is 12.1 Å². The van der Waals surface area contributed by atoms with Crippen LogP contribution >= 0.6 is 0 Å². The lowest BCUT2D eigenvalue weighted by Gasteiger charge is -2.11. The van der Waals surface area contributed by atoms with Crippen LogP contribution in [0.5, 0.6) is 11.5 Å². The maximum Gasteiger partial charge on any atom is 0.228 e. The van der Waals surface area contributed by atoms with Gasteiger partial charge < -0.3 is 14.8 Å². The van der Waals surface area contributed by atoms with E-state index in [1.807, 2.05) is 13.0 Å². The van der Waals surface area contributed by atoms with Gasteiger partial charge in [-0.15, -0.1) is 0 Å². The predicted molar refractivity (Wildman–Crippen MR) is 101 cm³/mol. The summed E-state index contributed by atoms with van der Waals surface area (Å²) in [6.07, 6.45) is 0.129. The van der Waals surface area contributed by atoms with Gasteiger partial charge in [-0.05, 0) is 36.8 Å². The molecule has 1 heterocycles. The summed E-state index contributed by atoms with van der Waals surface area (Å²) < 4.78 is 23.7. The fourth-order valence-electron chi connectivity index (χ4n) is 2.74. The molecule has 0 aliphatic carbocycles. The van der Waals surface area contributed by atoms with Crippen LogP contribution in [0.2, 0.25) is 0 Å². The van der Waals surface area contributed by atoms with Crippen molar-refractivity contribution in [3.8, 4) is 22.8 Å². The fraction of sp³-hybridized carbons (Fsp3) is 0.200. The van der Waals surface area contributed by atoms with Crippen molar-refractivity contribution in [2.24, 2.45) is 0 Å². The zero-order valence-corrected chi connectivity index (χ0v) is 15.3. The van der Waals surface area contributed by atoms with Gasteiger partial charge in [-0.3, -0.25) is 9.89 Å². The first-order valence-electron chi connectivity index (χ1n) is 8.33. The van der Waals surface area contributed by atoms with Crippen LogP contribution in [-0.2, 0) is 11.2 Å². The standard InChI is InChI=1S/C20H20FN3O3/c1-12-19(22-18(25)10-13-4-6-14(21)7-5-13)20(24-23-12)16-9-8-15(26-2)11-17(16)27-3/h4-9,11H,10H2,1-3H3,(H,22,25)(H,23,24). The highest BCUT2D eigenvalue weighted by Crippen LogP contribution is 2.37. The molecule has 1 amide bonds. The maximum atomic E-state index is 13.0. The number of hydrogen-bond acceptors (Lipinski definition) is 4. The molecule has 1 aromatic heterocycles. The minimum Gasteiger partial charge on any atom is -0.497 e. The van der Waals surface area contributed by atoms with Gasteiger partial charge in [0.05, 0.1) is 32.0 Å². The van der Waals surface area contributed by atoms with Gasteiger partial charge in [-0.2, -0.15) is 5.10 Å². The number of nitrogens with zero attached hydrogens (tertiary/aromatic N) is 1. The number of carbonyl (C=O) groups is 1. The molecule has 0 fully saturated rings. The van der Waals surface area contributed by atoms with Crippen molar-refractivity contribution in [3.63, 3.8) is 0 Å². The smallest absolute Gasteiger partial charge is 0.228 e. The van der Waals surface area contributed by atoms with E-state index in [1.54, 1.807) is 38.5 Å². The average Bonchev–Trinajstić information content (AvgIpc) is 3.03. The Morgan fingerprint density at radius 2 is 1.89 bits per heavy atom.